The highest BCUT2D eigenvalue weighted by Crippen LogP contribution is 2.26. The third-order valence-corrected chi connectivity index (χ3v) is 4.24. The van der Waals surface area contributed by atoms with Crippen LogP contribution in [-0.2, 0) is 18.4 Å². The van der Waals surface area contributed by atoms with Crippen molar-refractivity contribution in [1.29, 1.82) is 0 Å². The van der Waals surface area contributed by atoms with Gasteiger partial charge in [-0.2, -0.15) is 0 Å². The van der Waals surface area contributed by atoms with Crippen LogP contribution >= 0.6 is 11.3 Å². The highest BCUT2D eigenvalue weighted by molar-refractivity contribution is 7.09. The first kappa shape index (κ1) is 16.1. The zero-order valence-corrected chi connectivity index (χ0v) is 14.0. The Morgan fingerprint density at radius 1 is 1.24 bits per heavy atom. The standard InChI is InChI=1S/C17H23FN2S/c1-5-19-10-12-6-7-14(18)8-13(12)9-16-20-15(11-21-16)17(2,3)4/h6-8,11,19H,5,9-10H2,1-4H3. The molecule has 0 saturated carbocycles. The van der Waals surface area contributed by atoms with Crippen LogP contribution in [0.1, 0.15) is 49.5 Å². The van der Waals surface area contributed by atoms with Crippen molar-refractivity contribution in [3.8, 4) is 0 Å². The van der Waals surface area contributed by atoms with Crippen molar-refractivity contribution in [3.63, 3.8) is 0 Å². The lowest BCUT2D eigenvalue weighted by molar-refractivity contribution is 0.571. The average Bonchev–Trinajstić information content (AvgIpc) is 2.86. The first-order valence-corrected chi connectivity index (χ1v) is 8.21. The average molecular weight is 306 g/mol. The van der Waals surface area contributed by atoms with E-state index in [-0.39, 0.29) is 11.2 Å². The molecule has 1 aromatic heterocycles. The van der Waals surface area contributed by atoms with Crippen LogP contribution in [0.15, 0.2) is 23.6 Å². The molecule has 0 unspecified atom stereocenters. The molecule has 0 spiro atoms. The second kappa shape index (κ2) is 6.67. The van der Waals surface area contributed by atoms with Gasteiger partial charge in [-0.3, -0.25) is 0 Å². The molecule has 0 bridgehead atoms. The number of benzene rings is 1. The maximum Gasteiger partial charge on any atom is 0.123 e. The van der Waals surface area contributed by atoms with E-state index in [0.717, 1.165) is 34.9 Å². The number of halogens is 1. The summed E-state index contributed by atoms with van der Waals surface area (Å²) >= 11 is 1.66. The van der Waals surface area contributed by atoms with Gasteiger partial charge in [-0.15, -0.1) is 11.3 Å². The van der Waals surface area contributed by atoms with Crippen molar-refractivity contribution < 1.29 is 4.39 Å². The Bertz CT molecular complexity index is 599. The van der Waals surface area contributed by atoms with Crippen LogP contribution < -0.4 is 5.32 Å². The summed E-state index contributed by atoms with van der Waals surface area (Å²) in [7, 11) is 0. The number of aromatic nitrogens is 1. The van der Waals surface area contributed by atoms with Gasteiger partial charge in [0, 0.05) is 23.8 Å². The van der Waals surface area contributed by atoms with Crippen LogP contribution in [0.2, 0.25) is 0 Å². The highest BCUT2D eigenvalue weighted by Gasteiger charge is 2.18. The predicted octanol–water partition coefficient (Wildman–Crippen LogP) is 4.28. The summed E-state index contributed by atoms with van der Waals surface area (Å²) in [6, 6.07) is 5.02. The molecule has 2 aromatic rings. The Kier molecular flexibility index (Phi) is 5.12. The minimum atomic E-state index is -0.183. The fourth-order valence-electron chi connectivity index (χ4n) is 2.09. The summed E-state index contributed by atoms with van der Waals surface area (Å²) in [6.07, 6.45) is 0.694. The summed E-state index contributed by atoms with van der Waals surface area (Å²) < 4.78 is 13.5. The Balaban J connectivity index is 2.22. The number of thiazole rings is 1. The van der Waals surface area contributed by atoms with E-state index in [1.807, 2.05) is 6.07 Å². The molecule has 1 aromatic carbocycles. The van der Waals surface area contributed by atoms with Gasteiger partial charge < -0.3 is 5.32 Å². The van der Waals surface area contributed by atoms with Crippen LogP contribution in [0.25, 0.3) is 0 Å². The summed E-state index contributed by atoms with van der Waals surface area (Å²) in [5.74, 6) is -0.183. The van der Waals surface area contributed by atoms with E-state index in [0.29, 0.717) is 6.42 Å². The van der Waals surface area contributed by atoms with Crippen molar-refractivity contribution in [3.05, 3.63) is 51.2 Å². The second-order valence-electron chi connectivity index (χ2n) is 6.25. The van der Waals surface area contributed by atoms with E-state index in [1.165, 1.54) is 6.07 Å². The monoisotopic (exact) mass is 306 g/mol. The van der Waals surface area contributed by atoms with E-state index in [2.05, 4.69) is 38.4 Å². The van der Waals surface area contributed by atoms with E-state index >= 15 is 0 Å². The molecular formula is C17H23FN2S. The molecule has 0 saturated heterocycles. The van der Waals surface area contributed by atoms with Gasteiger partial charge in [0.15, 0.2) is 0 Å². The molecule has 0 aliphatic heterocycles. The van der Waals surface area contributed by atoms with E-state index in [9.17, 15) is 4.39 Å². The van der Waals surface area contributed by atoms with Crippen LogP contribution in [0.4, 0.5) is 4.39 Å². The van der Waals surface area contributed by atoms with Gasteiger partial charge in [-0.05, 0) is 29.8 Å². The fraction of sp³-hybridized carbons (Fsp3) is 0.471. The first-order chi connectivity index (χ1) is 9.90. The van der Waals surface area contributed by atoms with Gasteiger partial charge in [0.05, 0.1) is 10.7 Å². The van der Waals surface area contributed by atoms with Crippen molar-refractivity contribution >= 4 is 11.3 Å². The Hall–Kier alpha value is -1.26. The normalized spacial score (nSPS) is 11.9. The Labute approximate surface area is 130 Å². The van der Waals surface area contributed by atoms with Crippen molar-refractivity contribution in [2.75, 3.05) is 6.54 Å². The summed E-state index contributed by atoms with van der Waals surface area (Å²) in [5, 5.41) is 6.45. The second-order valence-corrected chi connectivity index (χ2v) is 7.19. The third kappa shape index (κ3) is 4.35. The van der Waals surface area contributed by atoms with Crippen LogP contribution in [-0.4, -0.2) is 11.5 Å². The maximum atomic E-state index is 13.5. The van der Waals surface area contributed by atoms with Crippen molar-refractivity contribution in [2.24, 2.45) is 0 Å². The van der Waals surface area contributed by atoms with Gasteiger partial charge >= 0.3 is 0 Å². The zero-order valence-electron chi connectivity index (χ0n) is 13.2. The molecule has 0 atom stereocenters. The lowest BCUT2D eigenvalue weighted by atomic mass is 9.93. The molecule has 2 rings (SSSR count). The van der Waals surface area contributed by atoms with Crippen LogP contribution in [0.5, 0.6) is 0 Å². The lowest BCUT2D eigenvalue weighted by Gasteiger charge is -2.14. The van der Waals surface area contributed by atoms with Crippen molar-refractivity contribution in [2.45, 2.75) is 46.1 Å². The van der Waals surface area contributed by atoms with Gasteiger partial charge in [-0.25, -0.2) is 9.37 Å². The van der Waals surface area contributed by atoms with Gasteiger partial charge in [0.25, 0.3) is 0 Å². The van der Waals surface area contributed by atoms with Crippen LogP contribution in [0, 0.1) is 5.82 Å². The smallest absolute Gasteiger partial charge is 0.123 e. The Morgan fingerprint density at radius 2 is 2.00 bits per heavy atom. The van der Waals surface area contributed by atoms with Gasteiger partial charge in [-0.1, -0.05) is 33.8 Å². The zero-order chi connectivity index (χ0) is 15.5. The molecular weight excluding hydrogens is 283 g/mol. The van der Waals surface area contributed by atoms with Gasteiger partial charge in [0.2, 0.25) is 0 Å². The minimum Gasteiger partial charge on any atom is -0.313 e. The highest BCUT2D eigenvalue weighted by atomic mass is 32.1. The largest absolute Gasteiger partial charge is 0.313 e. The van der Waals surface area contributed by atoms with E-state index in [1.54, 1.807) is 17.4 Å². The van der Waals surface area contributed by atoms with Crippen molar-refractivity contribution in [1.82, 2.24) is 10.3 Å². The summed E-state index contributed by atoms with van der Waals surface area (Å²) in [6.45, 7) is 10.2. The molecule has 0 aliphatic rings. The SMILES string of the molecule is CCNCc1ccc(F)cc1Cc1nc(C(C)(C)C)cs1. The summed E-state index contributed by atoms with van der Waals surface area (Å²) in [4.78, 5) is 4.70. The molecule has 21 heavy (non-hydrogen) atoms. The van der Waals surface area contributed by atoms with Gasteiger partial charge in [0.1, 0.15) is 5.82 Å². The van der Waals surface area contributed by atoms with E-state index < -0.39 is 0 Å². The number of nitrogens with one attached hydrogen (secondary N) is 1. The molecule has 0 aliphatic carbocycles. The quantitative estimate of drug-likeness (QED) is 0.892. The fourth-order valence-corrected chi connectivity index (χ4v) is 3.13. The first-order valence-electron chi connectivity index (χ1n) is 7.33. The predicted molar refractivity (Wildman–Crippen MR) is 87.4 cm³/mol. The third-order valence-electron chi connectivity index (χ3n) is 3.40. The molecule has 4 heteroatoms. The van der Waals surface area contributed by atoms with Crippen LogP contribution in [0.3, 0.4) is 0 Å². The minimum absolute atomic E-state index is 0.0588. The maximum absolute atomic E-state index is 13.5. The number of nitrogens with zero attached hydrogens (tertiary/aromatic N) is 1. The lowest BCUT2D eigenvalue weighted by Crippen LogP contribution is -2.14. The summed E-state index contributed by atoms with van der Waals surface area (Å²) in [5.41, 5.74) is 3.33. The molecule has 1 N–H and O–H groups in total. The number of hydrogen-bond acceptors (Lipinski definition) is 3. The van der Waals surface area contributed by atoms with E-state index in [4.69, 9.17) is 4.98 Å². The number of hydrogen-bond donors (Lipinski definition) is 1. The molecule has 2 nitrogen and oxygen atoms in total. The molecule has 1 heterocycles. The molecule has 0 fully saturated rings. The molecule has 114 valence electrons. The topological polar surface area (TPSA) is 24.9 Å². The Morgan fingerprint density at radius 3 is 2.62 bits per heavy atom. The molecule has 0 amide bonds. The molecule has 0 radical (unpaired) electrons. The number of rotatable bonds is 5.